The first kappa shape index (κ1) is 15.0. The number of carbonyl (C=O) groups is 1. The Kier molecular flexibility index (Phi) is 4.87. The van der Waals surface area contributed by atoms with Gasteiger partial charge in [0.1, 0.15) is 23.9 Å². The molecule has 0 radical (unpaired) electrons. The van der Waals surface area contributed by atoms with Crippen LogP contribution in [0.15, 0.2) is 34.7 Å². The first-order chi connectivity index (χ1) is 10.1. The molecule has 0 atom stereocenters. The number of hydrogen-bond donors (Lipinski definition) is 1. The van der Waals surface area contributed by atoms with Gasteiger partial charge in [-0.2, -0.15) is 0 Å². The molecule has 0 bridgehead atoms. The average molecular weight is 290 g/mol. The highest BCUT2D eigenvalue weighted by Crippen LogP contribution is 2.26. The van der Waals surface area contributed by atoms with Crippen LogP contribution in [-0.2, 0) is 13.0 Å². The molecule has 1 N–H and O–H groups in total. The fourth-order valence-electron chi connectivity index (χ4n) is 2.02. The summed E-state index contributed by atoms with van der Waals surface area (Å²) in [6.07, 6.45) is 1.99. The summed E-state index contributed by atoms with van der Waals surface area (Å²) in [7, 11) is 1.63. The highest BCUT2D eigenvalue weighted by molar-refractivity contribution is 5.84. The van der Waals surface area contributed by atoms with Gasteiger partial charge >= 0.3 is 5.97 Å². The van der Waals surface area contributed by atoms with Crippen molar-refractivity contribution >= 4 is 5.97 Å². The Labute approximate surface area is 123 Å². The third-order valence-corrected chi connectivity index (χ3v) is 3.03. The second-order valence-electron chi connectivity index (χ2n) is 4.58. The molecular formula is C16H18O5. The van der Waals surface area contributed by atoms with Crippen molar-refractivity contribution in [3.8, 4) is 11.5 Å². The predicted molar refractivity (Wildman–Crippen MR) is 77.0 cm³/mol. The molecule has 2 rings (SSSR count). The minimum Gasteiger partial charge on any atom is -0.496 e. The molecule has 0 amide bonds. The minimum absolute atomic E-state index is 0.0931. The maximum absolute atomic E-state index is 10.7. The summed E-state index contributed by atoms with van der Waals surface area (Å²) in [5, 5.41) is 8.78. The molecule has 0 saturated carbocycles. The van der Waals surface area contributed by atoms with E-state index in [2.05, 4.69) is 6.92 Å². The van der Waals surface area contributed by atoms with Crippen molar-refractivity contribution in [3.63, 3.8) is 0 Å². The number of hydrogen-bond acceptors (Lipinski definition) is 4. The molecule has 0 aliphatic carbocycles. The van der Waals surface area contributed by atoms with Gasteiger partial charge in [-0.1, -0.05) is 19.4 Å². The lowest BCUT2D eigenvalue weighted by atomic mass is 10.1. The fourth-order valence-corrected chi connectivity index (χ4v) is 2.02. The second kappa shape index (κ2) is 6.83. The third kappa shape index (κ3) is 3.78. The molecule has 1 aromatic carbocycles. The lowest BCUT2D eigenvalue weighted by Gasteiger charge is -2.10. The Morgan fingerprint density at radius 1 is 1.29 bits per heavy atom. The van der Waals surface area contributed by atoms with Gasteiger partial charge in [0, 0.05) is 6.07 Å². The second-order valence-corrected chi connectivity index (χ2v) is 4.58. The molecule has 0 saturated heterocycles. The largest absolute Gasteiger partial charge is 0.496 e. The van der Waals surface area contributed by atoms with Gasteiger partial charge in [0.25, 0.3) is 0 Å². The normalized spacial score (nSPS) is 10.4. The predicted octanol–water partition coefficient (Wildman–Crippen LogP) is 3.52. The quantitative estimate of drug-likeness (QED) is 0.845. The summed E-state index contributed by atoms with van der Waals surface area (Å²) in [4.78, 5) is 10.7. The Hall–Kier alpha value is -2.43. The van der Waals surface area contributed by atoms with E-state index in [1.165, 1.54) is 6.07 Å². The van der Waals surface area contributed by atoms with E-state index in [4.69, 9.17) is 19.0 Å². The zero-order valence-corrected chi connectivity index (χ0v) is 12.1. The first-order valence-corrected chi connectivity index (χ1v) is 6.75. The molecule has 0 spiro atoms. The van der Waals surface area contributed by atoms with E-state index in [1.54, 1.807) is 13.2 Å². The Morgan fingerprint density at radius 3 is 2.71 bits per heavy atom. The van der Waals surface area contributed by atoms with Crippen molar-refractivity contribution in [1.29, 1.82) is 0 Å². The summed E-state index contributed by atoms with van der Waals surface area (Å²) < 4.78 is 16.1. The van der Waals surface area contributed by atoms with Crippen LogP contribution in [0.25, 0.3) is 0 Å². The van der Waals surface area contributed by atoms with Crippen molar-refractivity contribution in [2.45, 2.75) is 26.4 Å². The number of rotatable bonds is 7. The number of carboxylic acid groups (broad SMARTS) is 1. The van der Waals surface area contributed by atoms with Gasteiger partial charge in [0.2, 0.25) is 5.76 Å². The molecule has 0 unspecified atom stereocenters. The first-order valence-electron chi connectivity index (χ1n) is 6.75. The number of aromatic carboxylic acids is 1. The molecule has 112 valence electrons. The van der Waals surface area contributed by atoms with Crippen molar-refractivity contribution in [2.24, 2.45) is 0 Å². The summed E-state index contributed by atoms with van der Waals surface area (Å²) >= 11 is 0. The molecule has 1 heterocycles. The van der Waals surface area contributed by atoms with Crippen molar-refractivity contribution < 1.29 is 23.8 Å². The number of benzene rings is 1. The molecule has 21 heavy (non-hydrogen) atoms. The zero-order chi connectivity index (χ0) is 15.2. The summed E-state index contributed by atoms with van der Waals surface area (Å²) in [6, 6.07) is 8.67. The van der Waals surface area contributed by atoms with Crippen LogP contribution in [0.4, 0.5) is 0 Å². The monoisotopic (exact) mass is 290 g/mol. The number of carboxylic acids is 1. The molecule has 5 heteroatoms. The molecule has 0 fully saturated rings. The van der Waals surface area contributed by atoms with Crippen LogP contribution in [0.2, 0.25) is 0 Å². The van der Waals surface area contributed by atoms with E-state index in [-0.39, 0.29) is 12.4 Å². The van der Waals surface area contributed by atoms with Gasteiger partial charge in [0.05, 0.1) is 7.11 Å². The van der Waals surface area contributed by atoms with Crippen LogP contribution < -0.4 is 9.47 Å². The highest BCUT2D eigenvalue weighted by Gasteiger charge is 2.10. The zero-order valence-electron chi connectivity index (χ0n) is 12.1. The van der Waals surface area contributed by atoms with E-state index in [0.29, 0.717) is 11.5 Å². The van der Waals surface area contributed by atoms with E-state index in [9.17, 15) is 4.79 Å². The lowest BCUT2D eigenvalue weighted by Crippen LogP contribution is -1.97. The molecule has 0 aliphatic heterocycles. The van der Waals surface area contributed by atoms with Crippen LogP contribution in [0, 0.1) is 0 Å². The lowest BCUT2D eigenvalue weighted by molar-refractivity contribution is 0.0658. The summed E-state index contributed by atoms with van der Waals surface area (Å²) in [5.74, 6) is 0.723. The van der Waals surface area contributed by atoms with E-state index >= 15 is 0 Å². The number of ether oxygens (including phenoxy) is 2. The Balaban J connectivity index is 2.03. The van der Waals surface area contributed by atoms with Gasteiger partial charge < -0.3 is 19.0 Å². The maximum atomic E-state index is 10.7. The number of aryl methyl sites for hydroxylation is 1. The molecule has 0 aliphatic rings. The average Bonchev–Trinajstić information content (AvgIpc) is 2.95. The minimum atomic E-state index is -1.09. The molecule has 2 aromatic rings. The number of furan rings is 1. The van der Waals surface area contributed by atoms with Crippen LogP contribution >= 0.6 is 0 Å². The smallest absolute Gasteiger partial charge is 0.371 e. The van der Waals surface area contributed by atoms with Crippen LogP contribution in [-0.4, -0.2) is 18.2 Å². The maximum Gasteiger partial charge on any atom is 0.371 e. The van der Waals surface area contributed by atoms with Crippen molar-refractivity contribution in [1.82, 2.24) is 0 Å². The van der Waals surface area contributed by atoms with Crippen LogP contribution in [0.1, 0.15) is 35.2 Å². The molecule has 5 nitrogen and oxygen atoms in total. The fraction of sp³-hybridized carbons (Fsp3) is 0.312. The van der Waals surface area contributed by atoms with Gasteiger partial charge in [-0.05, 0) is 30.2 Å². The van der Waals surface area contributed by atoms with Gasteiger partial charge in [-0.3, -0.25) is 0 Å². The van der Waals surface area contributed by atoms with Crippen LogP contribution in [0.3, 0.4) is 0 Å². The molecular weight excluding hydrogens is 272 g/mol. The van der Waals surface area contributed by atoms with Crippen molar-refractivity contribution in [2.75, 3.05) is 7.11 Å². The number of methoxy groups -OCH3 is 1. The Bertz CT molecular complexity index is 615. The standard InChI is InChI=1S/C16H18O5/c1-3-4-11-5-6-12(9-15(11)19-2)20-10-13-7-8-14(21-13)16(17)18/h5-9H,3-4,10H2,1-2H3,(H,17,18). The van der Waals surface area contributed by atoms with Gasteiger partial charge in [-0.25, -0.2) is 4.79 Å². The van der Waals surface area contributed by atoms with Gasteiger partial charge in [-0.15, -0.1) is 0 Å². The summed E-state index contributed by atoms with van der Waals surface area (Å²) in [6.45, 7) is 2.28. The van der Waals surface area contributed by atoms with E-state index < -0.39 is 5.97 Å². The topological polar surface area (TPSA) is 68.9 Å². The summed E-state index contributed by atoms with van der Waals surface area (Å²) in [5.41, 5.74) is 1.14. The molecule has 1 aromatic heterocycles. The van der Waals surface area contributed by atoms with E-state index in [1.807, 2.05) is 18.2 Å². The third-order valence-electron chi connectivity index (χ3n) is 3.03. The van der Waals surface area contributed by atoms with Crippen molar-refractivity contribution in [3.05, 3.63) is 47.4 Å². The van der Waals surface area contributed by atoms with Gasteiger partial charge in [0.15, 0.2) is 0 Å². The highest BCUT2D eigenvalue weighted by atomic mass is 16.5. The van der Waals surface area contributed by atoms with E-state index in [0.717, 1.165) is 24.2 Å². The Morgan fingerprint density at radius 2 is 2.10 bits per heavy atom. The SMILES string of the molecule is CCCc1ccc(OCc2ccc(C(=O)O)o2)cc1OC. The van der Waals surface area contributed by atoms with Crippen LogP contribution in [0.5, 0.6) is 11.5 Å².